The molecule has 11 heteroatoms. The van der Waals surface area contributed by atoms with Crippen LogP contribution in [0.3, 0.4) is 0 Å². The Morgan fingerprint density at radius 2 is 1.85 bits per heavy atom. The highest BCUT2D eigenvalue weighted by Gasteiger charge is 2.29. The molecule has 1 aliphatic carbocycles. The fourth-order valence-electron chi connectivity index (χ4n) is 6.19. The van der Waals surface area contributed by atoms with E-state index in [2.05, 4.69) is 40.8 Å². The largest absolute Gasteiger partial charge is 0.462 e. The molecule has 5 rings (SSSR count). The highest BCUT2D eigenvalue weighted by atomic mass is 16.5. The summed E-state index contributed by atoms with van der Waals surface area (Å²) in [7, 11) is 1.86. The quantitative estimate of drug-likeness (QED) is 0.390. The van der Waals surface area contributed by atoms with Crippen LogP contribution in [0.1, 0.15) is 62.2 Å². The van der Waals surface area contributed by atoms with E-state index in [0.29, 0.717) is 30.0 Å². The number of anilines is 3. The van der Waals surface area contributed by atoms with Gasteiger partial charge in [-0.3, -0.25) is 9.58 Å². The molecule has 0 unspecified atom stereocenters. The van der Waals surface area contributed by atoms with Crippen LogP contribution in [0.2, 0.25) is 0 Å². The van der Waals surface area contributed by atoms with Crippen molar-refractivity contribution in [2.75, 3.05) is 63.1 Å². The number of ether oxygens (including phenoxy) is 1. The fraction of sp³-hybridized carbons (Fsp3) is 0.714. The number of carbonyl (C=O) groups excluding carboxylic acids is 1. The number of piperidine rings is 1. The summed E-state index contributed by atoms with van der Waals surface area (Å²) >= 11 is 0. The molecule has 4 heterocycles. The normalized spacial score (nSPS) is 23.4. The molecule has 0 bridgehead atoms. The first-order valence-electron chi connectivity index (χ1n) is 14.8. The van der Waals surface area contributed by atoms with Gasteiger partial charge in [-0.15, -0.1) is 0 Å². The highest BCUT2D eigenvalue weighted by molar-refractivity contribution is 5.94. The van der Waals surface area contributed by atoms with Crippen molar-refractivity contribution in [3.8, 4) is 0 Å². The van der Waals surface area contributed by atoms with E-state index in [-0.39, 0.29) is 6.04 Å². The number of carbonyl (C=O) groups is 1. The van der Waals surface area contributed by atoms with Crippen molar-refractivity contribution in [1.29, 1.82) is 0 Å². The zero-order valence-electron chi connectivity index (χ0n) is 23.6. The minimum atomic E-state index is -0.403. The van der Waals surface area contributed by atoms with Crippen molar-refractivity contribution in [2.24, 2.45) is 13.0 Å². The summed E-state index contributed by atoms with van der Waals surface area (Å²) in [4.78, 5) is 27.0. The van der Waals surface area contributed by atoms with Crippen molar-refractivity contribution in [2.45, 2.75) is 64.0 Å². The number of piperazine rings is 1. The van der Waals surface area contributed by atoms with Gasteiger partial charge in [0, 0.05) is 57.7 Å². The Bertz CT molecular complexity index is 1060. The molecule has 2 saturated heterocycles. The van der Waals surface area contributed by atoms with Crippen LogP contribution in [0.5, 0.6) is 0 Å². The number of hydrogen-bond donors (Lipinski definition) is 3. The first-order chi connectivity index (χ1) is 19.1. The van der Waals surface area contributed by atoms with Gasteiger partial charge in [0.15, 0.2) is 0 Å². The van der Waals surface area contributed by atoms with Gasteiger partial charge in [0.25, 0.3) is 0 Å². The van der Waals surface area contributed by atoms with Crippen LogP contribution in [0, 0.1) is 5.92 Å². The third-order valence-electron chi connectivity index (χ3n) is 8.52. The maximum atomic E-state index is 12.6. The second-order valence-corrected chi connectivity index (χ2v) is 11.2. The molecule has 0 aromatic carbocycles. The van der Waals surface area contributed by atoms with Gasteiger partial charge in [-0.1, -0.05) is 0 Å². The molecular weight excluding hydrogens is 494 g/mol. The highest BCUT2D eigenvalue weighted by Crippen LogP contribution is 2.28. The Morgan fingerprint density at radius 3 is 2.54 bits per heavy atom. The number of nitrogens with zero attached hydrogens (tertiary/aromatic N) is 6. The van der Waals surface area contributed by atoms with Crippen molar-refractivity contribution in [1.82, 2.24) is 34.9 Å². The second-order valence-electron chi connectivity index (χ2n) is 11.2. The number of aryl methyl sites for hydroxylation is 1. The number of nitrogens with one attached hydrogen (secondary N) is 3. The summed E-state index contributed by atoms with van der Waals surface area (Å²) in [5.74, 6) is 1.46. The van der Waals surface area contributed by atoms with Crippen LogP contribution in [-0.4, -0.2) is 100 Å². The summed E-state index contributed by atoms with van der Waals surface area (Å²) < 4.78 is 6.98. The van der Waals surface area contributed by atoms with Crippen LogP contribution in [0.4, 0.5) is 17.5 Å². The molecule has 3 N–H and O–H groups in total. The van der Waals surface area contributed by atoms with Crippen LogP contribution < -0.4 is 16.0 Å². The van der Waals surface area contributed by atoms with Crippen molar-refractivity contribution >= 4 is 23.4 Å². The van der Waals surface area contributed by atoms with Crippen LogP contribution in [-0.2, 0) is 11.8 Å². The molecule has 3 aliphatic rings. The van der Waals surface area contributed by atoms with Gasteiger partial charge in [-0.2, -0.15) is 10.1 Å². The molecule has 2 aliphatic heterocycles. The van der Waals surface area contributed by atoms with Gasteiger partial charge < -0.3 is 25.6 Å². The predicted octanol–water partition coefficient (Wildman–Crippen LogP) is 2.86. The van der Waals surface area contributed by atoms with E-state index in [1.165, 1.54) is 65.1 Å². The minimum absolute atomic E-state index is 0.266. The summed E-state index contributed by atoms with van der Waals surface area (Å²) in [6.45, 7) is 10.5. The lowest BCUT2D eigenvalue weighted by molar-refractivity contribution is 0.0526. The second kappa shape index (κ2) is 13.5. The standard InChI is InChI=1S/C28H45N9O2/c1-3-39-27(38)25-19-30-28(33-23-18-31-35(2)20-23)34-26(25)32-22-4-6-24(7-5-22)37-16-14-36(15-17-37)13-10-21-8-11-29-12-9-21/h18-22,24,29H,3-17H2,1-2H3,(H2,30,32,33,34). The monoisotopic (exact) mass is 539 g/mol. The molecule has 214 valence electrons. The smallest absolute Gasteiger partial charge is 0.343 e. The Morgan fingerprint density at radius 1 is 1.08 bits per heavy atom. The number of esters is 1. The van der Waals surface area contributed by atoms with Gasteiger partial charge in [0.2, 0.25) is 5.95 Å². The van der Waals surface area contributed by atoms with Crippen LogP contribution in [0.15, 0.2) is 18.6 Å². The Labute approximate surface area is 232 Å². The molecule has 0 amide bonds. The topological polar surface area (TPSA) is 112 Å². The minimum Gasteiger partial charge on any atom is -0.462 e. The SMILES string of the molecule is CCOC(=O)c1cnc(Nc2cnn(C)c2)nc1NC1CCC(N2CCN(CCC3CCNCC3)CC2)CC1. The molecule has 0 radical (unpaired) electrons. The first-order valence-corrected chi connectivity index (χ1v) is 14.8. The molecule has 2 aromatic rings. The predicted molar refractivity (Wildman–Crippen MR) is 152 cm³/mol. The number of rotatable bonds is 10. The zero-order valence-corrected chi connectivity index (χ0v) is 23.6. The first kappa shape index (κ1) is 27.8. The molecule has 0 spiro atoms. The van der Waals surface area contributed by atoms with Gasteiger partial charge >= 0.3 is 5.97 Å². The lowest BCUT2D eigenvalue weighted by atomic mass is 9.89. The van der Waals surface area contributed by atoms with E-state index in [0.717, 1.165) is 37.3 Å². The van der Waals surface area contributed by atoms with Crippen LogP contribution in [0.25, 0.3) is 0 Å². The van der Waals surface area contributed by atoms with Crippen molar-refractivity contribution < 1.29 is 9.53 Å². The Hall–Kier alpha value is -2.76. The number of aromatic nitrogens is 4. The van der Waals surface area contributed by atoms with E-state index in [4.69, 9.17) is 4.74 Å². The van der Waals surface area contributed by atoms with Gasteiger partial charge in [-0.25, -0.2) is 9.78 Å². The van der Waals surface area contributed by atoms with Gasteiger partial charge in [0.05, 0.1) is 18.5 Å². The summed E-state index contributed by atoms with van der Waals surface area (Å²) in [6.07, 6.45) is 13.6. The van der Waals surface area contributed by atoms with Crippen molar-refractivity contribution in [3.05, 3.63) is 24.2 Å². The average molecular weight is 540 g/mol. The zero-order chi connectivity index (χ0) is 27.0. The van der Waals surface area contributed by atoms with Gasteiger partial charge in [0.1, 0.15) is 11.4 Å². The maximum absolute atomic E-state index is 12.6. The summed E-state index contributed by atoms with van der Waals surface area (Å²) in [5, 5.41) is 14.4. The van der Waals surface area contributed by atoms with E-state index in [1.54, 1.807) is 24.0 Å². The maximum Gasteiger partial charge on any atom is 0.343 e. The molecular formula is C28H45N9O2. The molecule has 2 aromatic heterocycles. The number of hydrogen-bond acceptors (Lipinski definition) is 10. The Balaban J connectivity index is 1.11. The van der Waals surface area contributed by atoms with Crippen molar-refractivity contribution in [3.63, 3.8) is 0 Å². The molecule has 11 nitrogen and oxygen atoms in total. The van der Waals surface area contributed by atoms with Gasteiger partial charge in [-0.05, 0) is 77.4 Å². The third-order valence-corrected chi connectivity index (χ3v) is 8.52. The molecule has 1 saturated carbocycles. The van der Waals surface area contributed by atoms with E-state index < -0.39 is 5.97 Å². The Kier molecular flexibility index (Phi) is 9.65. The molecule has 39 heavy (non-hydrogen) atoms. The third kappa shape index (κ3) is 7.67. The summed E-state index contributed by atoms with van der Waals surface area (Å²) in [5.41, 5.74) is 1.16. The fourth-order valence-corrected chi connectivity index (χ4v) is 6.19. The lowest BCUT2D eigenvalue weighted by Crippen LogP contribution is -2.52. The molecule has 0 atom stereocenters. The lowest BCUT2D eigenvalue weighted by Gasteiger charge is -2.42. The van der Waals surface area contributed by atoms with E-state index in [9.17, 15) is 4.79 Å². The average Bonchev–Trinajstić information content (AvgIpc) is 3.37. The molecule has 3 fully saturated rings. The van der Waals surface area contributed by atoms with E-state index >= 15 is 0 Å². The van der Waals surface area contributed by atoms with E-state index in [1.807, 2.05) is 13.2 Å². The summed E-state index contributed by atoms with van der Waals surface area (Å²) in [6, 6.07) is 0.911. The van der Waals surface area contributed by atoms with Crippen LogP contribution >= 0.6 is 0 Å².